The van der Waals surface area contributed by atoms with Gasteiger partial charge in [0, 0.05) is 16.0 Å². The van der Waals surface area contributed by atoms with Crippen molar-refractivity contribution in [3.05, 3.63) is 82.6 Å². The number of hydrogen-bond donors (Lipinski definition) is 3. The van der Waals surface area contributed by atoms with Crippen LogP contribution in [0.5, 0.6) is 0 Å². The summed E-state index contributed by atoms with van der Waals surface area (Å²) >= 11 is 4.34. The number of nitrogens with zero attached hydrogens (tertiary/aromatic N) is 1. The molecule has 7 nitrogen and oxygen atoms in total. The lowest BCUT2D eigenvalue weighted by Gasteiger charge is -2.08. The summed E-state index contributed by atoms with van der Waals surface area (Å²) in [6, 6.07) is 17.0. The molecule has 0 aliphatic heterocycles. The Kier molecular flexibility index (Phi) is 7.18. The molecule has 0 radical (unpaired) electrons. The maximum absolute atomic E-state index is 12.5. The van der Waals surface area contributed by atoms with Crippen molar-refractivity contribution in [1.29, 1.82) is 0 Å². The van der Waals surface area contributed by atoms with Crippen LogP contribution in [0.1, 0.15) is 20.7 Å². The van der Waals surface area contributed by atoms with Gasteiger partial charge >= 0.3 is 5.97 Å². The zero-order chi connectivity index (χ0) is 23.2. The molecule has 0 spiro atoms. The average Bonchev–Trinajstić information content (AvgIpc) is 3.51. The average molecular weight is 496 g/mol. The van der Waals surface area contributed by atoms with E-state index in [2.05, 4.69) is 15.6 Å². The number of benzene rings is 2. The van der Waals surface area contributed by atoms with E-state index in [4.69, 9.17) is 0 Å². The minimum Gasteiger partial charge on any atom is -0.478 e. The van der Waals surface area contributed by atoms with Crippen LogP contribution in [-0.2, 0) is 4.79 Å². The number of carboxylic acids is 1. The zero-order valence-corrected chi connectivity index (χ0v) is 19.4. The van der Waals surface area contributed by atoms with Crippen LogP contribution >= 0.6 is 34.4 Å². The molecule has 2 aromatic carbocycles. The van der Waals surface area contributed by atoms with Crippen molar-refractivity contribution in [3.63, 3.8) is 0 Å². The molecule has 10 heteroatoms. The molecule has 3 N–H and O–H groups in total. The number of amides is 2. The highest BCUT2D eigenvalue weighted by Crippen LogP contribution is 2.28. The first kappa shape index (κ1) is 22.7. The Morgan fingerprint density at radius 1 is 0.909 bits per heavy atom. The molecule has 0 unspecified atom stereocenters. The second-order valence-corrected chi connectivity index (χ2v) is 9.54. The largest absolute Gasteiger partial charge is 0.478 e. The minimum atomic E-state index is -1.16. The van der Waals surface area contributed by atoms with Gasteiger partial charge in [-0.1, -0.05) is 18.2 Å². The van der Waals surface area contributed by atoms with Crippen LogP contribution in [0.25, 0.3) is 10.6 Å². The maximum Gasteiger partial charge on any atom is 0.336 e. The quantitative estimate of drug-likeness (QED) is 0.277. The fourth-order valence-electron chi connectivity index (χ4n) is 2.87. The van der Waals surface area contributed by atoms with Gasteiger partial charge < -0.3 is 15.7 Å². The number of carbonyl (C=O) groups excluding carboxylic acids is 2. The SMILES string of the molecule is O=C(CSc1ccc(NC(=O)c2ccccc2C(=O)O)cc1)Nc1nc(-c2cccs2)cs1. The van der Waals surface area contributed by atoms with Crippen molar-refractivity contribution in [2.24, 2.45) is 0 Å². The summed E-state index contributed by atoms with van der Waals surface area (Å²) in [5.74, 6) is -1.61. The standard InChI is InChI=1S/C23H17N3O4S3/c27-20(26-23-25-18(12-33-23)19-6-3-11-31-19)13-32-15-9-7-14(8-10-15)24-21(28)16-4-1-2-5-17(16)22(29)30/h1-12H,13H2,(H,24,28)(H,29,30)(H,25,26,27). The van der Waals surface area contributed by atoms with Gasteiger partial charge in [0.1, 0.15) is 0 Å². The lowest BCUT2D eigenvalue weighted by Crippen LogP contribution is -2.16. The predicted molar refractivity (Wildman–Crippen MR) is 133 cm³/mol. The molecule has 0 fully saturated rings. The van der Waals surface area contributed by atoms with Gasteiger partial charge in [0.05, 0.1) is 27.5 Å². The Morgan fingerprint density at radius 2 is 1.67 bits per heavy atom. The number of carbonyl (C=O) groups is 3. The number of thiazole rings is 1. The fourth-order valence-corrected chi connectivity index (χ4v) is 5.06. The summed E-state index contributed by atoms with van der Waals surface area (Å²) < 4.78 is 0. The summed E-state index contributed by atoms with van der Waals surface area (Å²) in [4.78, 5) is 42.4. The molecule has 0 aliphatic rings. The van der Waals surface area contributed by atoms with Crippen LogP contribution < -0.4 is 10.6 Å². The number of aromatic nitrogens is 1. The molecular weight excluding hydrogens is 478 g/mol. The van der Waals surface area contributed by atoms with Gasteiger partial charge in [-0.05, 0) is 47.8 Å². The van der Waals surface area contributed by atoms with Gasteiger partial charge in [-0.15, -0.1) is 34.4 Å². The van der Waals surface area contributed by atoms with Gasteiger partial charge in [-0.25, -0.2) is 9.78 Å². The highest BCUT2D eigenvalue weighted by atomic mass is 32.2. The Labute approximate surface area is 201 Å². The molecule has 0 aliphatic carbocycles. The summed E-state index contributed by atoms with van der Waals surface area (Å²) in [5.41, 5.74) is 1.40. The minimum absolute atomic E-state index is 0.0593. The molecule has 2 heterocycles. The maximum atomic E-state index is 12.5. The van der Waals surface area contributed by atoms with E-state index in [1.807, 2.05) is 22.9 Å². The number of hydrogen-bond acceptors (Lipinski definition) is 7. The van der Waals surface area contributed by atoms with E-state index in [0.717, 1.165) is 15.5 Å². The van der Waals surface area contributed by atoms with Crippen LogP contribution in [0.15, 0.2) is 76.3 Å². The monoisotopic (exact) mass is 495 g/mol. The van der Waals surface area contributed by atoms with E-state index in [0.29, 0.717) is 10.8 Å². The lowest BCUT2D eigenvalue weighted by molar-refractivity contribution is -0.113. The third-order valence-electron chi connectivity index (χ3n) is 4.41. The highest BCUT2D eigenvalue weighted by molar-refractivity contribution is 8.00. The molecule has 0 bridgehead atoms. The van der Waals surface area contributed by atoms with Crippen molar-refractivity contribution in [2.45, 2.75) is 4.90 Å². The van der Waals surface area contributed by atoms with E-state index in [9.17, 15) is 19.5 Å². The number of anilines is 2. The lowest BCUT2D eigenvalue weighted by atomic mass is 10.1. The summed E-state index contributed by atoms with van der Waals surface area (Å²) in [5, 5.41) is 19.2. The third-order valence-corrected chi connectivity index (χ3v) is 7.07. The van der Waals surface area contributed by atoms with Crippen LogP contribution in [0.2, 0.25) is 0 Å². The topological polar surface area (TPSA) is 108 Å². The molecule has 0 saturated heterocycles. The van der Waals surface area contributed by atoms with Gasteiger partial charge in [-0.3, -0.25) is 9.59 Å². The fraction of sp³-hybridized carbons (Fsp3) is 0.0435. The van der Waals surface area contributed by atoms with Crippen LogP contribution in [-0.4, -0.2) is 33.6 Å². The third kappa shape index (κ3) is 5.86. The van der Waals surface area contributed by atoms with Crippen LogP contribution in [0, 0.1) is 0 Å². The molecule has 0 atom stereocenters. The van der Waals surface area contributed by atoms with Crippen molar-refractivity contribution in [3.8, 4) is 10.6 Å². The van der Waals surface area contributed by atoms with Crippen molar-refractivity contribution in [1.82, 2.24) is 4.98 Å². The highest BCUT2D eigenvalue weighted by Gasteiger charge is 2.16. The molecular formula is C23H17N3O4S3. The first-order valence-corrected chi connectivity index (χ1v) is 12.4. The smallest absolute Gasteiger partial charge is 0.336 e. The number of aromatic carboxylic acids is 1. The summed E-state index contributed by atoms with van der Waals surface area (Å²) in [7, 11) is 0. The number of thioether (sulfide) groups is 1. The van der Waals surface area contributed by atoms with Crippen LogP contribution in [0.4, 0.5) is 10.8 Å². The Bertz CT molecular complexity index is 1280. The van der Waals surface area contributed by atoms with E-state index in [1.165, 1.54) is 35.2 Å². The van der Waals surface area contributed by atoms with Crippen LogP contribution in [0.3, 0.4) is 0 Å². The summed E-state index contributed by atoms with van der Waals surface area (Å²) in [6.45, 7) is 0. The zero-order valence-electron chi connectivity index (χ0n) is 17.0. The number of thiophene rings is 1. The Morgan fingerprint density at radius 3 is 2.36 bits per heavy atom. The number of carboxylic acid groups (broad SMARTS) is 1. The predicted octanol–water partition coefficient (Wildman–Crippen LogP) is 5.55. The molecule has 166 valence electrons. The summed E-state index contributed by atoms with van der Waals surface area (Å²) in [6.07, 6.45) is 0. The van der Waals surface area contributed by atoms with Crippen molar-refractivity contribution in [2.75, 3.05) is 16.4 Å². The van der Waals surface area contributed by atoms with Gasteiger partial charge in [-0.2, -0.15) is 0 Å². The van der Waals surface area contributed by atoms with Gasteiger partial charge in [0.2, 0.25) is 5.91 Å². The van der Waals surface area contributed by atoms with Gasteiger partial charge in [0.15, 0.2) is 5.13 Å². The Hall–Kier alpha value is -3.47. The number of nitrogens with one attached hydrogen (secondary N) is 2. The molecule has 4 rings (SSSR count). The van der Waals surface area contributed by atoms with Crippen molar-refractivity contribution < 1.29 is 19.5 Å². The number of rotatable bonds is 8. The van der Waals surface area contributed by atoms with E-state index in [-0.39, 0.29) is 22.8 Å². The second kappa shape index (κ2) is 10.4. The molecule has 33 heavy (non-hydrogen) atoms. The van der Waals surface area contributed by atoms with E-state index < -0.39 is 11.9 Å². The Balaban J connectivity index is 1.29. The van der Waals surface area contributed by atoms with Gasteiger partial charge in [0.25, 0.3) is 5.91 Å². The second-order valence-electron chi connectivity index (χ2n) is 6.68. The first-order chi connectivity index (χ1) is 16.0. The van der Waals surface area contributed by atoms with E-state index >= 15 is 0 Å². The normalized spacial score (nSPS) is 10.5. The van der Waals surface area contributed by atoms with E-state index in [1.54, 1.807) is 47.7 Å². The molecule has 4 aromatic rings. The molecule has 2 aromatic heterocycles. The van der Waals surface area contributed by atoms with Crippen molar-refractivity contribution >= 4 is 63.0 Å². The molecule has 0 saturated carbocycles. The first-order valence-electron chi connectivity index (χ1n) is 9.65. The molecule has 2 amide bonds.